The molecule has 3 rings (SSSR count). The molecule has 0 amide bonds. The summed E-state index contributed by atoms with van der Waals surface area (Å²) in [7, 11) is 0. The topological polar surface area (TPSA) is 4.93 Å². The van der Waals surface area contributed by atoms with E-state index in [0.717, 1.165) is 29.7 Å². The van der Waals surface area contributed by atoms with Crippen LogP contribution in [0.3, 0.4) is 0 Å². The van der Waals surface area contributed by atoms with E-state index in [0.29, 0.717) is 5.92 Å². The van der Waals surface area contributed by atoms with E-state index >= 15 is 0 Å². The van der Waals surface area contributed by atoms with E-state index < -0.39 is 0 Å². The number of benzene rings is 1. The lowest BCUT2D eigenvalue weighted by Gasteiger charge is -2.20. The van der Waals surface area contributed by atoms with Crippen molar-refractivity contribution in [2.24, 2.45) is 0 Å². The van der Waals surface area contributed by atoms with Gasteiger partial charge in [0, 0.05) is 29.1 Å². The maximum absolute atomic E-state index is 13.3. The molecule has 0 atom stereocenters. The molecule has 2 aromatic rings. The van der Waals surface area contributed by atoms with Crippen molar-refractivity contribution >= 4 is 29.3 Å². The molecule has 0 saturated carbocycles. The average molecular weight is 352 g/mol. The molecule has 0 fully saturated rings. The first-order valence-corrected chi connectivity index (χ1v) is 8.78. The number of rotatable bonds is 3. The molecular weight excluding hydrogens is 332 g/mol. The Hall–Kier alpha value is -1.25. The molecular formula is C19H20Cl2FN. The second-order valence-corrected chi connectivity index (χ2v) is 7.33. The van der Waals surface area contributed by atoms with Crippen LogP contribution in [-0.2, 0) is 13.0 Å². The summed E-state index contributed by atoms with van der Waals surface area (Å²) in [5.41, 5.74) is 5.81. The fourth-order valence-electron chi connectivity index (χ4n) is 3.60. The molecule has 0 unspecified atom stereocenters. The fraction of sp³-hybridized carbons (Fsp3) is 0.368. The van der Waals surface area contributed by atoms with Crippen LogP contribution in [0, 0.1) is 5.82 Å². The molecule has 1 aromatic heterocycles. The fourth-order valence-corrected chi connectivity index (χ4v) is 3.82. The van der Waals surface area contributed by atoms with Gasteiger partial charge in [0.15, 0.2) is 0 Å². The Morgan fingerprint density at radius 2 is 1.87 bits per heavy atom. The highest BCUT2D eigenvalue weighted by Crippen LogP contribution is 2.40. The van der Waals surface area contributed by atoms with Gasteiger partial charge in [0.25, 0.3) is 0 Å². The van der Waals surface area contributed by atoms with Gasteiger partial charge in [-0.1, -0.05) is 49.2 Å². The van der Waals surface area contributed by atoms with Gasteiger partial charge in [-0.25, -0.2) is 4.39 Å². The zero-order chi connectivity index (χ0) is 16.6. The van der Waals surface area contributed by atoms with Gasteiger partial charge in [0.2, 0.25) is 0 Å². The molecule has 0 aliphatic carbocycles. The Morgan fingerprint density at radius 1 is 1.17 bits per heavy atom. The van der Waals surface area contributed by atoms with Crippen LogP contribution < -0.4 is 0 Å². The summed E-state index contributed by atoms with van der Waals surface area (Å²) in [5.74, 6) is 0.137. The third-order valence-corrected chi connectivity index (χ3v) is 4.65. The summed E-state index contributed by atoms with van der Waals surface area (Å²) in [4.78, 5) is 0. The van der Waals surface area contributed by atoms with Crippen LogP contribution in [0.25, 0.3) is 17.2 Å². The van der Waals surface area contributed by atoms with Gasteiger partial charge in [-0.2, -0.15) is 0 Å². The first kappa shape index (κ1) is 16.6. The molecule has 122 valence electrons. The molecule has 1 aromatic carbocycles. The average Bonchev–Trinajstić information content (AvgIpc) is 2.81. The number of hydrogen-bond acceptors (Lipinski definition) is 0. The second kappa shape index (κ2) is 6.70. The van der Waals surface area contributed by atoms with Crippen LogP contribution in [0.1, 0.15) is 49.6 Å². The summed E-state index contributed by atoms with van der Waals surface area (Å²) in [6.45, 7) is 5.39. The lowest BCUT2D eigenvalue weighted by atomic mass is 9.95. The standard InChI is InChI=1S/C19H20Cl2FN/c1-12(2)19-15(11-17(20)21)18(13-6-8-14(22)9-7-13)16-5-3-4-10-23(16)19/h6-9,11-12H,3-5,10H2,1-2H3. The first-order chi connectivity index (χ1) is 11.0. The van der Waals surface area contributed by atoms with Crippen molar-refractivity contribution in [1.82, 2.24) is 4.57 Å². The Bertz CT molecular complexity index is 738. The zero-order valence-electron chi connectivity index (χ0n) is 13.4. The van der Waals surface area contributed by atoms with Gasteiger partial charge >= 0.3 is 0 Å². The molecule has 4 heteroatoms. The Labute approximate surface area is 146 Å². The van der Waals surface area contributed by atoms with Crippen LogP contribution >= 0.6 is 23.2 Å². The van der Waals surface area contributed by atoms with E-state index in [9.17, 15) is 4.39 Å². The van der Waals surface area contributed by atoms with Crippen molar-refractivity contribution in [3.63, 3.8) is 0 Å². The number of aromatic nitrogens is 1. The lowest BCUT2D eigenvalue weighted by Crippen LogP contribution is -2.13. The molecule has 1 aliphatic rings. The molecule has 0 bridgehead atoms. The van der Waals surface area contributed by atoms with E-state index in [1.54, 1.807) is 0 Å². The monoisotopic (exact) mass is 351 g/mol. The predicted octanol–water partition coefficient (Wildman–Crippen LogP) is 6.53. The summed E-state index contributed by atoms with van der Waals surface area (Å²) in [6.07, 6.45) is 5.22. The molecule has 1 nitrogen and oxygen atoms in total. The number of nitrogens with zero attached hydrogens (tertiary/aromatic N) is 1. The van der Waals surface area contributed by atoms with Crippen molar-refractivity contribution in [3.8, 4) is 11.1 Å². The third-order valence-electron chi connectivity index (χ3n) is 4.43. The van der Waals surface area contributed by atoms with Crippen LogP contribution in [0.15, 0.2) is 28.8 Å². The van der Waals surface area contributed by atoms with Crippen molar-refractivity contribution in [1.29, 1.82) is 0 Å². The second-order valence-electron chi connectivity index (χ2n) is 6.32. The van der Waals surface area contributed by atoms with Crippen LogP contribution in [0.5, 0.6) is 0 Å². The molecule has 0 spiro atoms. The number of halogens is 3. The SMILES string of the molecule is CC(C)c1c(C=C(Cl)Cl)c(-c2ccc(F)cc2)c2n1CCCC2. The first-order valence-electron chi connectivity index (χ1n) is 8.03. The van der Waals surface area contributed by atoms with Crippen molar-refractivity contribution < 1.29 is 4.39 Å². The van der Waals surface area contributed by atoms with E-state index in [2.05, 4.69) is 18.4 Å². The van der Waals surface area contributed by atoms with Gasteiger partial charge in [0.05, 0.1) is 0 Å². The zero-order valence-corrected chi connectivity index (χ0v) is 14.9. The van der Waals surface area contributed by atoms with Crippen LogP contribution in [0.4, 0.5) is 4.39 Å². The normalized spacial score (nSPS) is 14.0. The highest BCUT2D eigenvalue weighted by atomic mass is 35.5. The predicted molar refractivity (Wildman–Crippen MR) is 96.5 cm³/mol. The highest BCUT2D eigenvalue weighted by Gasteiger charge is 2.26. The molecule has 0 radical (unpaired) electrons. The van der Waals surface area contributed by atoms with E-state index in [-0.39, 0.29) is 10.3 Å². The molecule has 0 N–H and O–H groups in total. The molecule has 2 heterocycles. The minimum absolute atomic E-state index is 0.224. The maximum Gasteiger partial charge on any atom is 0.123 e. The van der Waals surface area contributed by atoms with Gasteiger partial charge in [-0.05, 0) is 49.0 Å². The van der Waals surface area contributed by atoms with Crippen molar-refractivity contribution in [2.75, 3.05) is 0 Å². The van der Waals surface area contributed by atoms with Gasteiger partial charge in [-0.15, -0.1) is 0 Å². The van der Waals surface area contributed by atoms with Crippen molar-refractivity contribution in [3.05, 3.63) is 51.5 Å². The third kappa shape index (κ3) is 3.20. The molecule has 1 aliphatic heterocycles. The smallest absolute Gasteiger partial charge is 0.123 e. The summed E-state index contributed by atoms with van der Waals surface area (Å²) >= 11 is 12.0. The number of hydrogen-bond donors (Lipinski definition) is 0. The van der Waals surface area contributed by atoms with Crippen LogP contribution in [0.2, 0.25) is 0 Å². The largest absolute Gasteiger partial charge is 0.347 e. The molecule has 0 saturated heterocycles. The van der Waals surface area contributed by atoms with E-state index in [4.69, 9.17) is 23.2 Å². The maximum atomic E-state index is 13.3. The molecule has 23 heavy (non-hydrogen) atoms. The lowest BCUT2D eigenvalue weighted by molar-refractivity contribution is 0.509. The minimum atomic E-state index is -0.224. The van der Waals surface area contributed by atoms with Gasteiger partial charge in [-0.3, -0.25) is 0 Å². The number of fused-ring (bicyclic) bond motifs is 1. The van der Waals surface area contributed by atoms with E-state index in [1.807, 2.05) is 18.2 Å². The Kier molecular flexibility index (Phi) is 4.84. The van der Waals surface area contributed by atoms with Crippen LogP contribution in [-0.4, -0.2) is 4.57 Å². The van der Waals surface area contributed by atoms with Gasteiger partial charge in [0.1, 0.15) is 10.3 Å². The summed E-state index contributed by atoms with van der Waals surface area (Å²) < 4.78 is 16.0. The summed E-state index contributed by atoms with van der Waals surface area (Å²) in [5, 5.41) is 0. The quantitative estimate of drug-likeness (QED) is 0.592. The Morgan fingerprint density at radius 3 is 2.48 bits per heavy atom. The van der Waals surface area contributed by atoms with Crippen molar-refractivity contribution in [2.45, 2.75) is 45.6 Å². The Balaban J connectivity index is 2.32. The highest BCUT2D eigenvalue weighted by molar-refractivity contribution is 6.57. The van der Waals surface area contributed by atoms with E-state index in [1.165, 1.54) is 36.4 Å². The van der Waals surface area contributed by atoms with Gasteiger partial charge < -0.3 is 4.57 Å². The summed E-state index contributed by atoms with van der Waals surface area (Å²) in [6, 6.07) is 6.69. The minimum Gasteiger partial charge on any atom is -0.347 e.